The summed E-state index contributed by atoms with van der Waals surface area (Å²) < 4.78 is 26.9. The molecule has 0 aromatic heterocycles. The van der Waals surface area contributed by atoms with Crippen LogP contribution in [0.3, 0.4) is 0 Å². The van der Waals surface area contributed by atoms with Crippen molar-refractivity contribution < 1.29 is 28.6 Å². The number of hydrogen-bond acceptors (Lipinski definition) is 2. The number of halogens is 2. The number of benzene rings is 1. The molecule has 1 aromatic carbocycles. The third-order valence-corrected chi connectivity index (χ3v) is 3.20. The van der Waals surface area contributed by atoms with Crippen molar-refractivity contribution in [3.8, 4) is 0 Å². The highest BCUT2D eigenvalue weighted by Gasteiger charge is 2.48. The van der Waals surface area contributed by atoms with Crippen LogP contribution in [0, 0.1) is 11.6 Å². The summed E-state index contributed by atoms with van der Waals surface area (Å²) in [5.41, 5.74) is -1.54. The molecule has 0 aliphatic heterocycles. The minimum atomic E-state index is -1.50. The van der Waals surface area contributed by atoms with Gasteiger partial charge in [0.05, 0.1) is 12.0 Å². The Morgan fingerprint density at radius 3 is 2.22 bits per heavy atom. The van der Waals surface area contributed by atoms with E-state index in [9.17, 15) is 18.4 Å². The van der Waals surface area contributed by atoms with Gasteiger partial charge in [-0.3, -0.25) is 4.79 Å². The van der Waals surface area contributed by atoms with Crippen LogP contribution in [-0.4, -0.2) is 22.2 Å². The van der Waals surface area contributed by atoms with E-state index in [4.69, 9.17) is 10.2 Å². The lowest BCUT2D eigenvalue weighted by atomic mass is 9.90. The van der Waals surface area contributed by atoms with Crippen molar-refractivity contribution in [3.63, 3.8) is 0 Å². The number of carboxylic acids is 2. The van der Waals surface area contributed by atoms with Crippen molar-refractivity contribution in [3.05, 3.63) is 34.9 Å². The first-order valence-electron chi connectivity index (χ1n) is 5.30. The summed E-state index contributed by atoms with van der Waals surface area (Å²) in [5.74, 6) is -4.64. The van der Waals surface area contributed by atoms with Crippen molar-refractivity contribution in [1.29, 1.82) is 0 Å². The molecule has 18 heavy (non-hydrogen) atoms. The van der Waals surface area contributed by atoms with E-state index in [0.717, 1.165) is 6.07 Å². The number of hydrogen-bond donors (Lipinski definition) is 2. The summed E-state index contributed by atoms with van der Waals surface area (Å²) in [6.07, 6.45) is 0.635. The normalized spacial score (nSPS) is 16.3. The molecule has 1 fully saturated rings. The second-order valence-electron chi connectivity index (χ2n) is 4.47. The minimum Gasteiger partial charge on any atom is -0.481 e. The summed E-state index contributed by atoms with van der Waals surface area (Å²) >= 11 is 0. The molecule has 2 rings (SSSR count). The molecule has 1 aliphatic carbocycles. The standard InChI is InChI=1S/C12H10F2O4/c13-8-4-9(14)7(3-6(8)11(17)18)12(1-2-12)5-10(15)16/h3-4H,1-2,5H2,(H,15,16)(H,17,18). The van der Waals surface area contributed by atoms with Crippen LogP contribution in [0.25, 0.3) is 0 Å². The van der Waals surface area contributed by atoms with Gasteiger partial charge in [0.15, 0.2) is 0 Å². The van der Waals surface area contributed by atoms with Crippen LogP contribution in [0.2, 0.25) is 0 Å². The molecule has 2 N–H and O–H groups in total. The van der Waals surface area contributed by atoms with Gasteiger partial charge in [-0.15, -0.1) is 0 Å². The number of aromatic carboxylic acids is 1. The Labute approximate surface area is 101 Å². The van der Waals surface area contributed by atoms with Gasteiger partial charge in [0.1, 0.15) is 11.6 Å². The van der Waals surface area contributed by atoms with E-state index >= 15 is 0 Å². The van der Waals surface area contributed by atoms with E-state index in [2.05, 4.69) is 0 Å². The lowest BCUT2D eigenvalue weighted by Crippen LogP contribution is -2.16. The molecule has 1 aliphatic rings. The quantitative estimate of drug-likeness (QED) is 0.865. The third kappa shape index (κ3) is 2.05. The summed E-state index contributed by atoms with van der Waals surface area (Å²) in [6, 6.07) is 1.41. The number of carboxylic acid groups (broad SMARTS) is 2. The van der Waals surface area contributed by atoms with E-state index in [0.29, 0.717) is 18.9 Å². The SMILES string of the molecule is O=C(O)CC1(c2cc(C(=O)O)c(F)cc2F)CC1. The van der Waals surface area contributed by atoms with Gasteiger partial charge in [-0.05, 0) is 24.5 Å². The van der Waals surface area contributed by atoms with Crippen molar-refractivity contribution >= 4 is 11.9 Å². The zero-order valence-corrected chi connectivity index (χ0v) is 9.24. The van der Waals surface area contributed by atoms with Crippen LogP contribution in [0.5, 0.6) is 0 Å². The monoisotopic (exact) mass is 256 g/mol. The topological polar surface area (TPSA) is 74.6 Å². The van der Waals surface area contributed by atoms with Crippen molar-refractivity contribution in [2.75, 3.05) is 0 Å². The van der Waals surface area contributed by atoms with Crippen LogP contribution in [0.1, 0.15) is 35.2 Å². The van der Waals surface area contributed by atoms with Gasteiger partial charge >= 0.3 is 11.9 Å². The highest BCUT2D eigenvalue weighted by atomic mass is 19.1. The van der Waals surface area contributed by atoms with Gasteiger partial charge in [-0.2, -0.15) is 0 Å². The second-order valence-corrected chi connectivity index (χ2v) is 4.47. The van der Waals surface area contributed by atoms with Gasteiger partial charge in [0.25, 0.3) is 0 Å². The van der Waals surface area contributed by atoms with Gasteiger partial charge in [0, 0.05) is 11.5 Å². The zero-order chi connectivity index (χ0) is 13.5. The molecular formula is C12H10F2O4. The van der Waals surface area contributed by atoms with E-state index in [1.54, 1.807) is 0 Å². The highest BCUT2D eigenvalue weighted by Crippen LogP contribution is 2.52. The first-order chi connectivity index (χ1) is 8.35. The minimum absolute atomic E-state index is 0.0244. The Balaban J connectivity index is 2.48. The van der Waals surface area contributed by atoms with Crippen molar-refractivity contribution in [1.82, 2.24) is 0 Å². The average Bonchev–Trinajstić information content (AvgIpc) is 2.96. The molecule has 96 valence electrons. The fraction of sp³-hybridized carbons (Fsp3) is 0.333. The van der Waals surface area contributed by atoms with Crippen LogP contribution in [0.15, 0.2) is 12.1 Å². The maximum absolute atomic E-state index is 13.7. The molecule has 0 saturated heterocycles. The van der Waals surface area contributed by atoms with Crippen LogP contribution >= 0.6 is 0 Å². The molecule has 0 spiro atoms. The van der Waals surface area contributed by atoms with E-state index in [1.807, 2.05) is 0 Å². The number of aliphatic carboxylic acids is 1. The fourth-order valence-electron chi connectivity index (χ4n) is 2.10. The fourth-order valence-corrected chi connectivity index (χ4v) is 2.10. The first-order valence-corrected chi connectivity index (χ1v) is 5.30. The molecule has 0 bridgehead atoms. The molecule has 1 aromatic rings. The number of carbonyl (C=O) groups is 2. The van der Waals surface area contributed by atoms with Gasteiger partial charge in [-0.1, -0.05) is 0 Å². The van der Waals surface area contributed by atoms with E-state index < -0.39 is 34.6 Å². The third-order valence-electron chi connectivity index (χ3n) is 3.20. The van der Waals surface area contributed by atoms with E-state index in [1.165, 1.54) is 0 Å². The van der Waals surface area contributed by atoms with Crippen LogP contribution in [-0.2, 0) is 10.2 Å². The van der Waals surface area contributed by atoms with Gasteiger partial charge in [-0.25, -0.2) is 13.6 Å². The molecule has 4 nitrogen and oxygen atoms in total. The molecule has 0 heterocycles. The Bertz CT molecular complexity index is 535. The summed E-state index contributed by atoms with van der Waals surface area (Å²) in [6.45, 7) is 0. The summed E-state index contributed by atoms with van der Waals surface area (Å²) in [7, 11) is 0. The summed E-state index contributed by atoms with van der Waals surface area (Å²) in [5, 5.41) is 17.5. The summed E-state index contributed by atoms with van der Waals surface area (Å²) in [4.78, 5) is 21.5. The first kappa shape index (κ1) is 12.5. The Hall–Kier alpha value is -1.98. The molecule has 6 heteroatoms. The largest absolute Gasteiger partial charge is 0.481 e. The predicted octanol–water partition coefficient (Wildman–Crippen LogP) is 2.17. The maximum atomic E-state index is 13.7. The van der Waals surface area contributed by atoms with Gasteiger partial charge < -0.3 is 10.2 Å². The average molecular weight is 256 g/mol. The molecular weight excluding hydrogens is 246 g/mol. The zero-order valence-electron chi connectivity index (χ0n) is 9.24. The van der Waals surface area contributed by atoms with Crippen LogP contribution < -0.4 is 0 Å². The molecule has 0 unspecified atom stereocenters. The number of rotatable bonds is 4. The van der Waals surface area contributed by atoms with Crippen molar-refractivity contribution in [2.24, 2.45) is 0 Å². The van der Waals surface area contributed by atoms with E-state index in [-0.39, 0.29) is 12.0 Å². The molecule has 0 radical (unpaired) electrons. The second kappa shape index (κ2) is 4.04. The van der Waals surface area contributed by atoms with Crippen molar-refractivity contribution in [2.45, 2.75) is 24.7 Å². The predicted molar refractivity (Wildman–Crippen MR) is 56.5 cm³/mol. The maximum Gasteiger partial charge on any atom is 0.338 e. The highest BCUT2D eigenvalue weighted by molar-refractivity contribution is 5.88. The van der Waals surface area contributed by atoms with Gasteiger partial charge in [0.2, 0.25) is 0 Å². The molecule has 0 amide bonds. The Morgan fingerprint density at radius 2 is 1.78 bits per heavy atom. The lowest BCUT2D eigenvalue weighted by molar-refractivity contribution is -0.137. The Kier molecular flexibility index (Phi) is 2.80. The van der Waals surface area contributed by atoms with Crippen LogP contribution in [0.4, 0.5) is 8.78 Å². The molecule has 1 saturated carbocycles. The lowest BCUT2D eigenvalue weighted by Gasteiger charge is -2.15. The molecule has 0 atom stereocenters. The Morgan fingerprint density at radius 1 is 1.17 bits per heavy atom. The smallest absolute Gasteiger partial charge is 0.338 e.